The number of rotatable bonds is 6. The first-order valence-corrected chi connectivity index (χ1v) is 5.24. The van der Waals surface area contributed by atoms with E-state index in [2.05, 4.69) is 19.2 Å². The highest BCUT2D eigenvalue weighted by molar-refractivity contribution is 7.37. The Bertz CT molecular complexity index is 42.2. The molecule has 0 bridgehead atoms. The first kappa shape index (κ1) is 9.39. The van der Waals surface area contributed by atoms with Gasteiger partial charge < -0.3 is 5.32 Å². The van der Waals surface area contributed by atoms with Gasteiger partial charge in [-0.05, 0) is 19.1 Å². The monoisotopic (exact) mass is 147 g/mol. The molecule has 0 aromatic carbocycles. The summed E-state index contributed by atoms with van der Waals surface area (Å²) in [5.41, 5.74) is 0. The van der Waals surface area contributed by atoms with Crippen LogP contribution in [0.4, 0.5) is 0 Å². The second kappa shape index (κ2) is 8.39. The van der Waals surface area contributed by atoms with E-state index >= 15 is 0 Å². The quantitative estimate of drug-likeness (QED) is 0.447. The van der Waals surface area contributed by atoms with E-state index in [0.29, 0.717) is 0 Å². The zero-order valence-corrected chi connectivity index (χ0v) is 7.54. The van der Waals surface area contributed by atoms with Gasteiger partial charge >= 0.3 is 0 Å². The number of nitrogens with one attached hydrogen (secondary N) is 1. The van der Waals surface area contributed by atoms with Gasteiger partial charge in [0.2, 0.25) is 0 Å². The zero-order valence-electron chi connectivity index (χ0n) is 6.54. The van der Waals surface area contributed by atoms with Crippen molar-refractivity contribution in [3.8, 4) is 0 Å². The van der Waals surface area contributed by atoms with Crippen LogP contribution >= 0.6 is 8.58 Å². The molecule has 0 fully saturated rings. The third-order valence-corrected chi connectivity index (χ3v) is 2.41. The van der Waals surface area contributed by atoms with E-state index in [4.69, 9.17) is 0 Å². The van der Waals surface area contributed by atoms with Crippen molar-refractivity contribution in [2.45, 2.75) is 26.7 Å². The molecule has 1 nitrogen and oxygen atoms in total. The molecule has 0 amide bonds. The smallest absolute Gasteiger partial charge is 0.0127 e. The lowest BCUT2D eigenvalue weighted by Gasteiger charge is -1.99. The van der Waals surface area contributed by atoms with Crippen molar-refractivity contribution < 1.29 is 0 Å². The molecule has 1 N–H and O–H groups in total. The molecule has 0 aliphatic rings. The summed E-state index contributed by atoms with van der Waals surface area (Å²) in [4.78, 5) is 0. The minimum atomic E-state index is 1.12. The van der Waals surface area contributed by atoms with Crippen molar-refractivity contribution in [3.63, 3.8) is 0 Å². The van der Waals surface area contributed by atoms with Crippen molar-refractivity contribution in [3.05, 3.63) is 0 Å². The van der Waals surface area contributed by atoms with Crippen LogP contribution in [0.1, 0.15) is 26.7 Å². The SMILES string of the molecule is CCCCPCNCC. The fourth-order valence-electron chi connectivity index (χ4n) is 0.604. The summed E-state index contributed by atoms with van der Waals surface area (Å²) in [6, 6.07) is 0. The molecule has 0 spiro atoms. The molecule has 0 aromatic heterocycles. The Hall–Kier alpha value is 0.390. The molecule has 1 atom stereocenters. The number of hydrogen-bond donors (Lipinski definition) is 1. The summed E-state index contributed by atoms with van der Waals surface area (Å²) in [5.74, 6) is 0. The van der Waals surface area contributed by atoms with E-state index in [1.165, 1.54) is 25.3 Å². The van der Waals surface area contributed by atoms with Gasteiger partial charge in [0, 0.05) is 6.29 Å². The predicted molar refractivity (Wildman–Crippen MR) is 46.6 cm³/mol. The maximum absolute atomic E-state index is 3.32. The maximum atomic E-state index is 3.32. The Balaban J connectivity index is 2.60. The average molecular weight is 147 g/mol. The van der Waals surface area contributed by atoms with Crippen LogP contribution in [0.15, 0.2) is 0 Å². The van der Waals surface area contributed by atoms with E-state index < -0.39 is 0 Å². The summed E-state index contributed by atoms with van der Waals surface area (Å²) >= 11 is 0. The number of unbranched alkanes of at least 4 members (excludes halogenated alkanes) is 1. The Morgan fingerprint density at radius 2 is 2.11 bits per heavy atom. The van der Waals surface area contributed by atoms with E-state index in [1.807, 2.05) is 0 Å². The normalized spacial score (nSPS) is 11.3. The van der Waals surface area contributed by atoms with Crippen molar-refractivity contribution in [1.29, 1.82) is 0 Å². The highest BCUT2D eigenvalue weighted by Gasteiger charge is 1.83. The topological polar surface area (TPSA) is 12.0 Å². The van der Waals surface area contributed by atoms with Gasteiger partial charge in [-0.1, -0.05) is 20.3 Å². The lowest BCUT2D eigenvalue weighted by Crippen LogP contribution is -2.10. The summed E-state index contributed by atoms with van der Waals surface area (Å²) in [6.07, 6.45) is 5.41. The minimum Gasteiger partial charge on any atom is -0.313 e. The highest BCUT2D eigenvalue weighted by atomic mass is 31.1. The highest BCUT2D eigenvalue weighted by Crippen LogP contribution is 2.09. The largest absolute Gasteiger partial charge is 0.313 e. The van der Waals surface area contributed by atoms with Gasteiger partial charge in [0.15, 0.2) is 0 Å². The summed E-state index contributed by atoms with van der Waals surface area (Å²) in [5, 5.41) is 3.32. The first-order chi connectivity index (χ1) is 4.41. The van der Waals surface area contributed by atoms with Gasteiger partial charge in [-0.15, -0.1) is 8.58 Å². The first-order valence-electron chi connectivity index (χ1n) is 3.83. The van der Waals surface area contributed by atoms with Gasteiger partial charge in [0.25, 0.3) is 0 Å². The van der Waals surface area contributed by atoms with E-state index in [9.17, 15) is 0 Å². The fraction of sp³-hybridized carbons (Fsp3) is 1.00. The van der Waals surface area contributed by atoms with Crippen LogP contribution < -0.4 is 5.32 Å². The van der Waals surface area contributed by atoms with Crippen LogP contribution in [0.5, 0.6) is 0 Å². The van der Waals surface area contributed by atoms with Gasteiger partial charge in [-0.2, -0.15) is 0 Å². The molecule has 0 saturated heterocycles. The van der Waals surface area contributed by atoms with Crippen LogP contribution in [0.2, 0.25) is 0 Å². The minimum absolute atomic E-state index is 1.12. The fourth-order valence-corrected chi connectivity index (χ4v) is 1.81. The molecular formula is C7H18NP. The van der Waals surface area contributed by atoms with E-state index in [0.717, 1.165) is 15.1 Å². The summed E-state index contributed by atoms with van der Waals surface area (Å²) in [7, 11) is 1.13. The van der Waals surface area contributed by atoms with Gasteiger partial charge in [0.1, 0.15) is 0 Å². The molecule has 0 saturated carbocycles. The molecule has 0 aliphatic carbocycles. The summed E-state index contributed by atoms with van der Waals surface area (Å²) < 4.78 is 0. The zero-order chi connectivity index (χ0) is 6.95. The molecule has 9 heavy (non-hydrogen) atoms. The lowest BCUT2D eigenvalue weighted by molar-refractivity contribution is 0.830. The third kappa shape index (κ3) is 8.39. The standard InChI is InChI=1S/C7H18NP/c1-3-5-6-9-7-8-4-2/h8-9H,3-7H2,1-2H3. The molecule has 0 aromatic rings. The molecule has 0 aliphatic heterocycles. The third-order valence-electron chi connectivity index (χ3n) is 1.21. The Morgan fingerprint density at radius 1 is 1.33 bits per heavy atom. The van der Waals surface area contributed by atoms with Crippen LogP contribution in [-0.4, -0.2) is 19.0 Å². The molecule has 2 heteroatoms. The second-order valence-electron chi connectivity index (χ2n) is 2.13. The summed E-state index contributed by atoms with van der Waals surface area (Å²) in [6.45, 7) is 5.53. The molecule has 0 heterocycles. The van der Waals surface area contributed by atoms with Crippen LogP contribution in [0.3, 0.4) is 0 Å². The molecule has 1 unspecified atom stereocenters. The van der Waals surface area contributed by atoms with Gasteiger partial charge in [-0.3, -0.25) is 0 Å². The molecule has 0 radical (unpaired) electrons. The van der Waals surface area contributed by atoms with Crippen molar-refractivity contribution in [2.24, 2.45) is 0 Å². The van der Waals surface area contributed by atoms with Crippen LogP contribution in [0.25, 0.3) is 0 Å². The number of hydrogen-bond acceptors (Lipinski definition) is 1. The van der Waals surface area contributed by atoms with Crippen molar-refractivity contribution >= 4 is 8.58 Å². The maximum Gasteiger partial charge on any atom is 0.0127 e. The Morgan fingerprint density at radius 3 is 2.67 bits per heavy atom. The van der Waals surface area contributed by atoms with E-state index in [-0.39, 0.29) is 0 Å². The van der Waals surface area contributed by atoms with Gasteiger partial charge in [-0.25, -0.2) is 0 Å². The molecule has 56 valence electrons. The Labute approximate surface area is 60.4 Å². The predicted octanol–water partition coefficient (Wildman–Crippen LogP) is 2.03. The van der Waals surface area contributed by atoms with Crippen molar-refractivity contribution in [2.75, 3.05) is 19.0 Å². The van der Waals surface area contributed by atoms with Crippen molar-refractivity contribution in [1.82, 2.24) is 5.32 Å². The van der Waals surface area contributed by atoms with Crippen LogP contribution in [0, 0.1) is 0 Å². The Kier molecular flexibility index (Phi) is 8.75. The average Bonchev–Trinajstić information content (AvgIpc) is 1.89. The van der Waals surface area contributed by atoms with E-state index in [1.54, 1.807) is 0 Å². The molecule has 0 rings (SSSR count). The van der Waals surface area contributed by atoms with Gasteiger partial charge in [0.05, 0.1) is 0 Å². The molecular weight excluding hydrogens is 129 g/mol. The lowest BCUT2D eigenvalue weighted by atomic mass is 10.4. The second-order valence-corrected chi connectivity index (χ2v) is 3.49. The van der Waals surface area contributed by atoms with Crippen LogP contribution in [-0.2, 0) is 0 Å².